The van der Waals surface area contributed by atoms with E-state index < -0.39 is 6.04 Å². The first-order chi connectivity index (χ1) is 11.8. The number of likely N-dealkylation sites (N-methyl/N-ethyl adjacent to an activating group) is 1. The number of carbonyl (C=O) groups excluding carboxylic acids is 3. The van der Waals surface area contributed by atoms with Crippen LogP contribution in [0.1, 0.15) is 33.3 Å². The van der Waals surface area contributed by atoms with Crippen molar-refractivity contribution < 1.29 is 14.4 Å². The van der Waals surface area contributed by atoms with Crippen molar-refractivity contribution in [3.63, 3.8) is 0 Å². The Hall–Kier alpha value is -2.21. The molecular weight excluding hydrogens is 318 g/mol. The highest BCUT2D eigenvalue weighted by Crippen LogP contribution is 2.04. The van der Waals surface area contributed by atoms with Crippen molar-refractivity contribution in [1.29, 1.82) is 0 Å². The normalized spacial score (nSPS) is 12.1. The molecule has 1 aromatic rings. The highest BCUT2D eigenvalue weighted by atomic mass is 16.2. The number of nitrogens with one attached hydrogen (secondary N) is 2. The molecule has 1 atom stereocenters. The highest BCUT2D eigenvalue weighted by Gasteiger charge is 2.20. The van der Waals surface area contributed by atoms with Crippen molar-refractivity contribution >= 4 is 17.6 Å². The third-order valence-electron chi connectivity index (χ3n) is 3.74. The third-order valence-corrected chi connectivity index (χ3v) is 3.74. The molecule has 0 spiro atoms. The van der Waals surface area contributed by atoms with E-state index in [2.05, 4.69) is 10.6 Å². The second-order valence-electron chi connectivity index (χ2n) is 6.45. The van der Waals surface area contributed by atoms with Crippen molar-refractivity contribution in [2.75, 3.05) is 19.6 Å². The zero-order valence-corrected chi connectivity index (χ0v) is 15.5. The molecule has 0 aliphatic rings. The minimum Gasteiger partial charge on any atom is -0.353 e. The maximum absolute atomic E-state index is 12.3. The Bertz CT molecular complexity index is 573. The fraction of sp³-hybridized carbons (Fsp3) is 0.526. The standard InChI is InChI=1S/C19H29N3O3/c1-5-22(12-18(24)20-14(2)3)13-19(25)21-17(15(4)23)11-16-9-7-6-8-10-16/h6-10,14,17H,5,11-13H2,1-4H3,(H,20,24)(H,21,25)/t17-/m0/s1. The summed E-state index contributed by atoms with van der Waals surface area (Å²) in [6.07, 6.45) is 0.460. The van der Waals surface area contributed by atoms with Crippen LogP contribution < -0.4 is 10.6 Å². The SMILES string of the molecule is CCN(CC(=O)NC(C)C)CC(=O)N[C@@H](Cc1ccccc1)C(C)=O. The van der Waals surface area contributed by atoms with Gasteiger partial charge in [0.1, 0.15) is 0 Å². The quantitative estimate of drug-likeness (QED) is 0.665. The lowest BCUT2D eigenvalue weighted by molar-refractivity contribution is -0.128. The Morgan fingerprint density at radius 2 is 1.56 bits per heavy atom. The Balaban J connectivity index is 2.58. The fourth-order valence-corrected chi connectivity index (χ4v) is 2.44. The van der Waals surface area contributed by atoms with Crippen molar-refractivity contribution in [3.05, 3.63) is 35.9 Å². The maximum Gasteiger partial charge on any atom is 0.234 e. The van der Waals surface area contributed by atoms with E-state index in [-0.39, 0.29) is 36.7 Å². The first-order valence-corrected chi connectivity index (χ1v) is 8.67. The van der Waals surface area contributed by atoms with Crippen molar-refractivity contribution in [1.82, 2.24) is 15.5 Å². The molecule has 6 nitrogen and oxygen atoms in total. The molecule has 0 aliphatic heterocycles. The van der Waals surface area contributed by atoms with Gasteiger partial charge in [0.2, 0.25) is 11.8 Å². The monoisotopic (exact) mass is 347 g/mol. The van der Waals surface area contributed by atoms with Gasteiger partial charge in [-0.1, -0.05) is 37.3 Å². The van der Waals surface area contributed by atoms with Gasteiger partial charge in [-0.25, -0.2) is 0 Å². The van der Waals surface area contributed by atoms with Gasteiger partial charge in [-0.2, -0.15) is 0 Å². The van der Waals surface area contributed by atoms with Crippen LogP contribution in [0.25, 0.3) is 0 Å². The van der Waals surface area contributed by atoms with Crippen LogP contribution in [0.3, 0.4) is 0 Å². The zero-order valence-electron chi connectivity index (χ0n) is 15.5. The Morgan fingerprint density at radius 3 is 2.04 bits per heavy atom. The molecule has 6 heteroatoms. The number of carbonyl (C=O) groups is 3. The number of hydrogen-bond donors (Lipinski definition) is 2. The Morgan fingerprint density at radius 1 is 1.00 bits per heavy atom. The molecule has 0 aliphatic carbocycles. The van der Waals surface area contributed by atoms with Crippen LogP contribution in [0.5, 0.6) is 0 Å². The molecule has 2 N–H and O–H groups in total. The van der Waals surface area contributed by atoms with Crippen molar-refractivity contribution in [2.45, 2.75) is 46.2 Å². The minimum atomic E-state index is -0.557. The molecule has 25 heavy (non-hydrogen) atoms. The molecular formula is C19H29N3O3. The fourth-order valence-electron chi connectivity index (χ4n) is 2.44. The molecule has 1 rings (SSSR count). The summed E-state index contributed by atoms with van der Waals surface area (Å²) in [6, 6.07) is 9.08. The average Bonchev–Trinajstić information content (AvgIpc) is 2.53. The molecule has 2 amide bonds. The summed E-state index contributed by atoms with van der Waals surface area (Å²) < 4.78 is 0. The van der Waals surface area contributed by atoms with Gasteiger partial charge in [-0.3, -0.25) is 19.3 Å². The number of rotatable bonds is 10. The van der Waals surface area contributed by atoms with E-state index in [4.69, 9.17) is 0 Å². The number of benzene rings is 1. The lowest BCUT2D eigenvalue weighted by Crippen LogP contribution is -2.48. The van der Waals surface area contributed by atoms with Gasteiger partial charge in [0, 0.05) is 6.04 Å². The number of amides is 2. The van der Waals surface area contributed by atoms with Gasteiger partial charge in [0.15, 0.2) is 5.78 Å². The van der Waals surface area contributed by atoms with Crippen LogP contribution in [0.4, 0.5) is 0 Å². The number of ketones is 1. The Labute approximate surface area is 150 Å². The molecule has 0 saturated heterocycles. The van der Waals surface area contributed by atoms with Crippen LogP contribution in [-0.2, 0) is 20.8 Å². The van der Waals surface area contributed by atoms with Gasteiger partial charge in [0.05, 0.1) is 19.1 Å². The molecule has 0 unspecified atom stereocenters. The first kappa shape index (κ1) is 20.8. The van der Waals surface area contributed by atoms with E-state index >= 15 is 0 Å². The molecule has 0 fully saturated rings. The van der Waals surface area contributed by atoms with E-state index in [1.54, 1.807) is 4.90 Å². The largest absolute Gasteiger partial charge is 0.353 e. The minimum absolute atomic E-state index is 0.0630. The van der Waals surface area contributed by atoms with Gasteiger partial charge >= 0.3 is 0 Å². The second-order valence-corrected chi connectivity index (χ2v) is 6.45. The molecule has 0 aromatic heterocycles. The molecule has 0 radical (unpaired) electrons. The highest BCUT2D eigenvalue weighted by molar-refractivity contribution is 5.88. The topological polar surface area (TPSA) is 78.5 Å². The van der Waals surface area contributed by atoms with Crippen LogP contribution in [0.15, 0.2) is 30.3 Å². The first-order valence-electron chi connectivity index (χ1n) is 8.67. The summed E-state index contributed by atoms with van der Waals surface area (Å²) in [5, 5.41) is 5.59. The van der Waals surface area contributed by atoms with Crippen molar-refractivity contribution in [3.8, 4) is 0 Å². The summed E-state index contributed by atoms with van der Waals surface area (Å²) in [5.41, 5.74) is 0.992. The van der Waals surface area contributed by atoms with Gasteiger partial charge in [-0.05, 0) is 39.3 Å². The third kappa shape index (κ3) is 8.44. The van der Waals surface area contributed by atoms with Crippen molar-refractivity contribution in [2.24, 2.45) is 0 Å². The number of Topliss-reactive ketones (excluding diaryl/α,β-unsaturated/α-hetero) is 1. The van der Waals surface area contributed by atoms with E-state index in [0.717, 1.165) is 5.56 Å². The van der Waals surface area contributed by atoms with Crippen LogP contribution in [0, 0.1) is 0 Å². The van der Waals surface area contributed by atoms with Crippen LogP contribution in [0.2, 0.25) is 0 Å². The number of hydrogen-bond acceptors (Lipinski definition) is 4. The molecule has 0 saturated carbocycles. The molecule has 0 heterocycles. The van der Waals surface area contributed by atoms with E-state index in [1.165, 1.54) is 6.92 Å². The molecule has 138 valence electrons. The summed E-state index contributed by atoms with van der Waals surface area (Å²) in [7, 11) is 0. The van der Waals surface area contributed by atoms with E-state index in [9.17, 15) is 14.4 Å². The molecule has 0 bridgehead atoms. The predicted octanol–water partition coefficient (Wildman–Crippen LogP) is 1.15. The van der Waals surface area contributed by atoms with Gasteiger partial charge in [0.25, 0.3) is 0 Å². The van der Waals surface area contributed by atoms with Gasteiger partial charge in [-0.15, -0.1) is 0 Å². The summed E-state index contributed by atoms with van der Waals surface area (Å²) in [4.78, 5) is 37.7. The zero-order chi connectivity index (χ0) is 18.8. The smallest absolute Gasteiger partial charge is 0.234 e. The summed E-state index contributed by atoms with van der Waals surface area (Å²) >= 11 is 0. The Kier molecular flexibility index (Phi) is 8.84. The van der Waals surface area contributed by atoms with Gasteiger partial charge < -0.3 is 10.6 Å². The number of nitrogens with zero attached hydrogens (tertiary/aromatic N) is 1. The van der Waals surface area contributed by atoms with Crippen LogP contribution in [-0.4, -0.2) is 54.2 Å². The predicted molar refractivity (Wildman–Crippen MR) is 98.2 cm³/mol. The van der Waals surface area contributed by atoms with E-state index in [1.807, 2.05) is 51.1 Å². The lowest BCUT2D eigenvalue weighted by atomic mass is 10.0. The second kappa shape index (κ2) is 10.6. The molecule has 1 aromatic carbocycles. The van der Waals surface area contributed by atoms with Crippen LogP contribution >= 0.6 is 0 Å². The lowest BCUT2D eigenvalue weighted by Gasteiger charge is -2.22. The van der Waals surface area contributed by atoms with E-state index in [0.29, 0.717) is 13.0 Å². The average molecular weight is 347 g/mol. The summed E-state index contributed by atoms with van der Waals surface area (Å²) in [6.45, 7) is 7.96. The summed E-state index contributed by atoms with van der Waals surface area (Å²) in [5.74, 6) is -0.454. The maximum atomic E-state index is 12.3.